The molecule has 0 saturated carbocycles. The van der Waals surface area contributed by atoms with Crippen LogP contribution >= 0.6 is 0 Å². The van der Waals surface area contributed by atoms with Crippen molar-refractivity contribution in [3.63, 3.8) is 0 Å². The first-order chi connectivity index (χ1) is 13.0. The summed E-state index contributed by atoms with van der Waals surface area (Å²) in [5, 5.41) is 10.5. The quantitative estimate of drug-likeness (QED) is 0.758. The summed E-state index contributed by atoms with van der Waals surface area (Å²) in [6.45, 7) is 11.5. The Balaban J connectivity index is 1.81. The maximum Gasteiger partial charge on any atom is 0.336 e. The fraction of sp³-hybridized carbons (Fsp3) is 0.591. The van der Waals surface area contributed by atoms with Crippen LogP contribution in [0.2, 0.25) is 0 Å². The van der Waals surface area contributed by atoms with E-state index >= 15 is 0 Å². The monoisotopic (exact) mass is 372 g/mol. The highest BCUT2D eigenvalue weighted by Crippen LogP contribution is 2.23. The van der Waals surface area contributed by atoms with E-state index in [9.17, 15) is 9.90 Å². The molecule has 1 atom stereocenters. The van der Waals surface area contributed by atoms with Crippen LogP contribution in [0.1, 0.15) is 38.3 Å². The Bertz CT molecular complexity index is 815. The third-order valence-corrected chi connectivity index (χ3v) is 5.45. The van der Waals surface area contributed by atoms with E-state index in [1.165, 1.54) is 5.56 Å². The van der Waals surface area contributed by atoms with Crippen LogP contribution in [-0.4, -0.2) is 53.7 Å². The molecule has 1 aliphatic rings. The van der Waals surface area contributed by atoms with Crippen LogP contribution in [-0.2, 0) is 13.0 Å². The first-order valence-electron chi connectivity index (χ1n) is 10.1. The van der Waals surface area contributed by atoms with E-state index in [1.54, 1.807) is 6.07 Å². The highest BCUT2D eigenvalue weighted by atomic mass is 16.4. The van der Waals surface area contributed by atoms with Crippen molar-refractivity contribution >= 4 is 11.0 Å². The van der Waals surface area contributed by atoms with Crippen molar-refractivity contribution < 1.29 is 9.52 Å². The molecule has 0 amide bonds. The summed E-state index contributed by atoms with van der Waals surface area (Å²) in [4.78, 5) is 16.9. The lowest BCUT2D eigenvalue weighted by Gasteiger charge is -2.42. The predicted molar refractivity (Wildman–Crippen MR) is 109 cm³/mol. The molecule has 1 aromatic heterocycles. The van der Waals surface area contributed by atoms with Crippen LogP contribution in [0.15, 0.2) is 33.5 Å². The number of nitrogens with zero attached hydrogens (tertiary/aromatic N) is 2. The van der Waals surface area contributed by atoms with Crippen molar-refractivity contribution in [1.82, 2.24) is 9.80 Å². The minimum absolute atomic E-state index is 0.213. The number of aliphatic hydroxyl groups excluding tert-OH is 1. The van der Waals surface area contributed by atoms with Crippen LogP contribution in [0.25, 0.3) is 11.0 Å². The zero-order chi connectivity index (χ0) is 19.4. The van der Waals surface area contributed by atoms with Gasteiger partial charge in [0.2, 0.25) is 0 Å². The van der Waals surface area contributed by atoms with Crippen molar-refractivity contribution in [2.45, 2.75) is 46.2 Å². The molecule has 1 unspecified atom stereocenters. The zero-order valence-electron chi connectivity index (χ0n) is 16.8. The Kier molecular flexibility index (Phi) is 6.68. The van der Waals surface area contributed by atoms with Crippen LogP contribution in [0.3, 0.4) is 0 Å². The van der Waals surface area contributed by atoms with Gasteiger partial charge in [0.1, 0.15) is 5.58 Å². The van der Waals surface area contributed by atoms with Crippen molar-refractivity contribution in [2.75, 3.05) is 32.8 Å². The maximum absolute atomic E-state index is 12.0. The SMILES string of the molecule is CCc1ccc2oc(=O)cc(CN3CCN(CC(C)C)C(CCO)C3)c2c1. The summed E-state index contributed by atoms with van der Waals surface area (Å²) < 4.78 is 5.40. The first-order valence-corrected chi connectivity index (χ1v) is 10.1. The Morgan fingerprint density at radius 1 is 1.26 bits per heavy atom. The van der Waals surface area contributed by atoms with Gasteiger partial charge >= 0.3 is 5.63 Å². The molecule has 2 aromatic rings. The molecular formula is C22H32N2O3. The topological polar surface area (TPSA) is 56.9 Å². The number of benzene rings is 1. The molecule has 148 valence electrons. The largest absolute Gasteiger partial charge is 0.423 e. The van der Waals surface area contributed by atoms with Gasteiger partial charge < -0.3 is 9.52 Å². The minimum Gasteiger partial charge on any atom is -0.423 e. The van der Waals surface area contributed by atoms with E-state index in [-0.39, 0.29) is 12.2 Å². The lowest BCUT2D eigenvalue weighted by Crippen LogP contribution is -2.53. The van der Waals surface area contributed by atoms with Gasteiger partial charge in [-0.15, -0.1) is 0 Å². The molecule has 1 N–H and O–H groups in total. The highest BCUT2D eigenvalue weighted by Gasteiger charge is 2.27. The van der Waals surface area contributed by atoms with Gasteiger partial charge in [-0.05, 0) is 42.0 Å². The number of hydrogen-bond acceptors (Lipinski definition) is 5. The molecule has 1 aromatic carbocycles. The summed E-state index contributed by atoms with van der Waals surface area (Å²) in [6.07, 6.45) is 1.75. The molecule has 27 heavy (non-hydrogen) atoms. The van der Waals surface area contributed by atoms with E-state index < -0.39 is 0 Å². The van der Waals surface area contributed by atoms with Gasteiger partial charge in [0.05, 0.1) is 0 Å². The van der Waals surface area contributed by atoms with Gasteiger partial charge in [-0.3, -0.25) is 9.80 Å². The van der Waals surface area contributed by atoms with Gasteiger partial charge in [0, 0.05) is 56.8 Å². The Hall–Kier alpha value is -1.69. The van der Waals surface area contributed by atoms with Crippen molar-refractivity contribution in [3.8, 4) is 0 Å². The van der Waals surface area contributed by atoms with E-state index in [1.807, 2.05) is 12.1 Å². The van der Waals surface area contributed by atoms with E-state index in [0.29, 0.717) is 17.5 Å². The number of piperazine rings is 1. The molecule has 5 nitrogen and oxygen atoms in total. The van der Waals surface area contributed by atoms with Crippen molar-refractivity contribution in [1.29, 1.82) is 0 Å². The van der Waals surface area contributed by atoms with E-state index in [2.05, 4.69) is 36.6 Å². The Labute approximate surface area is 161 Å². The third-order valence-electron chi connectivity index (χ3n) is 5.45. The van der Waals surface area contributed by atoms with Crippen LogP contribution in [0.5, 0.6) is 0 Å². The summed E-state index contributed by atoms with van der Waals surface area (Å²) in [5.74, 6) is 0.618. The number of hydrogen-bond donors (Lipinski definition) is 1. The summed E-state index contributed by atoms with van der Waals surface area (Å²) in [7, 11) is 0. The van der Waals surface area contributed by atoms with E-state index in [4.69, 9.17) is 4.42 Å². The molecule has 0 spiro atoms. The molecule has 0 radical (unpaired) electrons. The molecule has 0 bridgehead atoms. The number of aryl methyl sites for hydroxylation is 1. The highest BCUT2D eigenvalue weighted by molar-refractivity contribution is 5.80. The average molecular weight is 373 g/mol. The maximum atomic E-state index is 12.0. The van der Waals surface area contributed by atoms with Crippen molar-refractivity contribution in [3.05, 3.63) is 45.8 Å². The normalized spacial score (nSPS) is 19.2. The van der Waals surface area contributed by atoms with Gasteiger partial charge in [-0.25, -0.2) is 4.79 Å². The molecular weight excluding hydrogens is 340 g/mol. The van der Waals surface area contributed by atoms with Crippen molar-refractivity contribution in [2.24, 2.45) is 5.92 Å². The smallest absolute Gasteiger partial charge is 0.336 e. The lowest BCUT2D eigenvalue weighted by atomic mass is 10.0. The van der Waals surface area contributed by atoms with Crippen LogP contribution < -0.4 is 5.63 Å². The molecule has 5 heteroatoms. The molecule has 1 saturated heterocycles. The summed E-state index contributed by atoms with van der Waals surface area (Å²) in [6, 6.07) is 8.09. The van der Waals surface area contributed by atoms with Gasteiger partial charge in [-0.2, -0.15) is 0 Å². The standard InChI is InChI=1S/C22H32N2O3/c1-4-17-5-6-21-20(11-17)18(12-22(26)27-21)14-23-8-9-24(13-16(2)3)19(15-23)7-10-25/h5-6,11-12,16,19,25H,4,7-10,13-15H2,1-3H3. The Morgan fingerprint density at radius 3 is 2.78 bits per heavy atom. The summed E-state index contributed by atoms with van der Waals surface area (Å²) in [5.41, 5.74) is 2.67. The van der Waals surface area contributed by atoms with Crippen LogP contribution in [0, 0.1) is 5.92 Å². The molecule has 1 aliphatic heterocycles. The second-order valence-corrected chi connectivity index (χ2v) is 8.06. The first kappa shape index (κ1) is 20.1. The summed E-state index contributed by atoms with van der Waals surface area (Å²) >= 11 is 0. The number of fused-ring (bicyclic) bond motifs is 1. The molecule has 2 heterocycles. The fourth-order valence-corrected chi connectivity index (χ4v) is 4.10. The van der Waals surface area contributed by atoms with Gasteiger partial charge in [0.15, 0.2) is 0 Å². The van der Waals surface area contributed by atoms with Gasteiger partial charge in [-0.1, -0.05) is 26.8 Å². The fourth-order valence-electron chi connectivity index (χ4n) is 4.10. The molecule has 1 fully saturated rings. The third kappa shape index (κ3) is 4.98. The molecule has 3 rings (SSSR count). The van der Waals surface area contributed by atoms with Crippen LogP contribution in [0.4, 0.5) is 0 Å². The predicted octanol–water partition coefficient (Wildman–Crippen LogP) is 2.88. The molecule has 0 aliphatic carbocycles. The van der Waals surface area contributed by atoms with Gasteiger partial charge in [0.25, 0.3) is 0 Å². The minimum atomic E-state index is -0.285. The lowest BCUT2D eigenvalue weighted by molar-refractivity contribution is 0.0478. The number of aliphatic hydroxyl groups is 1. The Morgan fingerprint density at radius 2 is 2.07 bits per heavy atom. The van der Waals surface area contributed by atoms with E-state index in [0.717, 1.165) is 56.5 Å². The number of rotatable bonds is 7. The zero-order valence-corrected chi connectivity index (χ0v) is 16.8. The second-order valence-electron chi connectivity index (χ2n) is 8.06. The average Bonchev–Trinajstić information content (AvgIpc) is 2.63. The second kappa shape index (κ2) is 9.00.